The monoisotopic (exact) mass is 348 g/mol. The Balaban J connectivity index is 2.34. The molecule has 6 heteroatoms. The summed E-state index contributed by atoms with van der Waals surface area (Å²) in [6.45, 7) is 5.03. The minimum Gasteiger partial charge on any atom is -0.494 e. The molecule has 0 aliphatic carbocycles. The predicted octanol–water partition coefficient (Wildman–Crippen LogP) is 3.06. The summed E-state index contributed by atoms with van der Waals surface area (Å²) < 4.78 is 33.5. The van der Waals surface area contributed by atoms with Crippen molar-refractivity contribution in [1.29, 1.82) is 0 Å². The number of hydrogen-bond acceptors (Lipinski definition) is 3. The van der Waals surface area contributed by atoms with Gasteiger partial charge in [0, 0.05) is 36.2 Å². The summed E-state index contributed by atoms with van der Waals surface area (Å²) in [6.07, 6.45) is -2.44. The molecule has 112 valence electrons. The smallest absolute Gasteiger partial charge is 0.258 e. The maximum absolute atomic E-state index is 13.6. The fraction of sp³-hybridized carbons (Fsp3) is 0.571. The molecule has 0 radical (unpaired) electrons. The number of alkyl halides is 2. The van der Waals surface area contributed by atoms with E-state index < -0.39 is 12.5 Å². The van der Waals surface area contributed by atoms with Gasteiger partial charge < -0.3 is 10.1 Å². The summed E-state index contributed by atoms with van der Waals surface area (Å²) in [6, 6.07) is 4.38. The van der Waals surface area contributed by atoms with Gasteiger partial charge >= 0.3 is 0 Å². The molecular weight excluding hydrogens is 330 g/mol. The van der Waals surface area contributed by atoms with Crippen LogP contribution in [0.2, 0.25) is 0 Å². The summed E-state index contributed by atoms with van der Waals surface area (Å²) >= 11 is 3.36. The number of nitrogens with one attached hydrogen (secondary N) is 1. The Kier molecular flexibility index (Phi) is 5.74. The van der Waals surface area contributed by atoms with Gasteiger partial charge in [0.15, 0.2) is 0 Å². The molecular formula is C14H19BrF2N2O. The topological polar surface area (TPSA) is 24.5 Å². The van der Waals surface area contributed by atoms with Crippen LogP contribution in [0, 0.1) is 0 Å². The van der Waals surface area contributed by atoms with Crippen LogP contribution < -0.4 is 10.1 Å². The van der Waals surface area contributed by atoms with Gasteiger partial charge in [-0.1, -0.05) is 15.9 Å². The highest BCUT2D eigenvalue weighted by Crippen LogP contribution is 2.36. The van der Waals surface area contributed by atoms with Crippen molar-refractivity contribution in [2.24, 2.45) is 0 Å². The quantitative estimate of drug-likeness (QED) is 0.884. The molecule has 3 nitrogen and oxygen atoms in total. The van der Waals surface area contributed by atoms with Gasteiger partial charge in [0.2, 0.25) is 0 Å². The van der Waals surface area contributed by atoms with Crippen LogP contribution in [0.3, 0.4) is 0 Å². The van der Waals surface area contributed by atoms with E-state index in [-0.39, 0.29) is 0 Å². The standard InChI is InChI=1S/C14H19BrF2N2O/c1-2-20-12-4-3-10(15)9-11(12)13(14(16)17)19-7-5-18-6-8-19/h3-4,9,13-14,18H,2,5-8H2,1H3/t13-/m1/s1. The number of halogens is 3. The second kappa shape index (κ2) is 7.33. The number of ether oxygens (including phenoxy) is 1. The summed E-state index contributed by atoms with van der Waals surface area (Å²) in [5.74, 6) is 0.541. The number of benzene rings is 1. The van der Waals surface area contributed by atoms with Gasteiger partial charge in [-0.3, -0.25) is 4.90 Å². The fourth-order valence-corrected chi connectivity index (χ4v) is 2.87. The zero-order valence-electron chi connectivity index (χ0n) is 11.4. The summed E-state index contributed by atoms with van der Waals surface area (Å²) in [5, 5.41) is 3.18. The van der Waals surface area contributed by atoms with Gasteiger partial charge in [0.1, 0.15) is 11.8 Å². The van der Waals surface area contributed by atoms with Crippen molar-refractivity contribution in [3.05, 3.63) is 28.2 Å². The molecule has 0 saturated carbocycles. The fourth-order valence-electron chi connectivity index (χ4n) is 2.49. The van der Waals surface area contributed by atoms with E-state index in [1.54, 1.807) is 12.1 Å². The molecule has 0 aromatic heterocycles. The van der Waals surface area contributed by atoms with Crippen molar-refractivity contribution in [3.8, 4) is 5.75 Å². The molecule has 0 unspecified atom stereocenters. The lowest BCUT2D eigenvalue weighted by atomic mass is 10.0. The number of nitrogens with zero attached hydrogens (tertiary/aromatic N) is 1. The first-order valence-corrected chi connectivity index (χ1v) is 7.58. The van der Waals surface area contributed by atoms with Gasteiger partial charge in [0.05, 0.1) is 6.61 Å². The molecule has 1 aliphatic heterocycles. The number of rotatable bonds is 5. The Labute approximate surface area is 126 Å². The maximum Gasteiger partial charge on any atom is 0.258 e. The highest BCUT2D eigenvalue weighted by molar-refractivity contribution is 9.10. The van der Waals surface area contributed by atoms with Crippen molar-refractivity contribution in [1.82, 2.24) is 10.2 Å². The molecule has 20 heavy (non-hydrogen) atoms. The van der Waals surface area contributed by atoms with Crippen LogP contribution in [0.25, 0.3) is 0 Å². The average molecular weight is 349 g/mol. The molecule has 1 aliphatic rings. The van der Waals surface area contributed by atoms with E-state index in [9.17, 15) is 8.78 Å². The third kappa shape index (κ3) is 3.68. The molecule has 1 aromatic carbocycles. The molecule has 0 spiro atoms. The van der Waals surface area contributed by atoms with Crippen LogP contribution >= 0.6 is 15.9 Å². The lowest BCUT2D eigenvalue weighted by Crippen LogP contribution is -2.47. The third-order valence-corrected chi connectivity index (χ3v) is 3.87. The molecule has 1 fully saturated rings. The van der Waals surface area contributed by atoms with Gasteiger partial charge in [-0.25, -0.2) is 8.78 Å². The van der Waals surface area contributed by atoms with E-state index in [0.717, 1.165) is 17.6 Å². The van der Waals surface area contributed by atoms with E-state index >= 15 is 0 Å². The van der Waals surface area contributed by atoms with E-state index in [0.29, 0.717) is 31.0 Å². The number of hydrogen-bond donors (Lipinski definition) is 1. The Morgan fingerprint density at radius 2 is 2.05 bits per heavy atom. The molecule has 1 heterocycles. The predicted molar refractivity (Wildman–Crippen MR) is 78.5 cm³/mol. The summed E-state index contributed by atoms with van der Waals surface area (Å²) in [7, 11) is 0. The van der Waals surface area contributed by atoms with Gasteiger partial charge in [0.25, 0.3) is 6.43 Å². The van der Waals surface area contributed by atoms with Crippen molar-refractivity contribution in [3.63, 3.8) is 0 Å². The molecule has 1 N–H and O–H groups in total. The Hall–Kier alpha value is -0.720. The van der Waals surface area contributed by atoms with Crippen LogP contribution in [-0.2, 0) is 0 Å². The minimum absolute atomic E-state index is 0.464. The van der Waals surface area contributed by atoms with E-state index in [2.05, 4.69) is 21.2 Å². The van der Waals surface area contributed by atoms with Crippen molar-refractivity contribution < 1.29 is 13.5 Å². The van der Waals surface area contributed by atoms with Crippen LogP contribution in [0.1, 0.15) is 18.5 Å². The molecule has 2 rings (SSSR count). The highest BCUT2D eigenvalue weighted by atomic mass is 79.9. The first-order valence-electron chi connectivity index (χ1n) is 6.78. The van der Waals surface area contributed by atoms with E-state index in [1.807, 2.05) is 17.9 Å². The van der Waals surface area contributed by atoms with Gasteiger partial charge in [-0.15, -0.1) is 0 Å². The summed E-state index contributed by atoms with van der Waals surface area (Å²) in [4.78, 5) is 1.82. The number of piperazine rings is 1. The zero-order valence-corrected chi connectivity index (χ0v) is 13.0. The van der Waals surface area contributed by atoms with Crippen molar-refractivity contribution >= 4 is 15.9 Å². The minimum atomic E-state index is -2.44. The SMILES string of the molecule is CCOc1ccc(Br)cc1[C@H](C(F)F)N1CCNCC1. The van der Waals surface area contributed by atoms with Crippen molar-refractivity contribution in [2.45, 2.75) is 19.4 Å². The molecule has 1 atom stereocenters. The highest BCUT2D eigenvalue weighted by Gasteiger charge is 2.32. The second-order valence-corrected chi connectivity index (χ2v) is 5.60. The first-order chi connectivity index (χ1) is 9.63. The lowest BCUT2D eigenvalue weighted by Gasteiger charge is -2.35. The molecule has 1 saturated heterocycles. The van der Waals surface area contributed by atoms with Gasteiger partial charge in [-0.2, -0.15) is 0 Å². The second-order valence-electron chi connectivity index (χ2n) is 4.68. The van der Waals surface area contributed by atoms with Crippen molar-refractivity contribution in [2.75, 3.05) is 32.8 Å². The largest absolute Gasteiger partial charge is 0.494 e. The lowest BCUT2D eigenvalue weighted by molar-refractivity contribution is 0.0167. The maximum atomic E-state index is 13.6. The van der Waals surface area contributed by atoms with E-state index in [4.69, 9.17) is 4.74 Å². The molecule has 0 bridgehead atoms. The first kappa shape index (κ1) is 15.7. The Morgan fingerprint density at radius 3 is 2.65 bits per heavy atom. The average Bonchev–Trinajstić information content (AvgIpc) is 2.43. The summed E-state index contributed by atoms with van der Waals surface area (Å²) in [5.41, 5.74) is 0.554. The zero-order chi connectivity index (χ0) is 14.5. The normalized spacial score (nSPS) is 18.2. The Bertz CT molecular complexity index is 439. The molecule has 0 amide bonds. The van der Waals surface area contributed by atoms with Crippen LogP contribution in [0.15, 0.2) is 22.7 Å². The van der Waals surface area contributed by atoms with E-state index in [1.165, 1.54) is 0 Å². The Morgan fingerprint density at radius 1 is 1.35 bits per heavy atom. The van der Waals surface area contributed by atoms with Gasteiger partial charge in [-0.05, 0) is 25.1 Å². The molecule has 1 aromatic rings. The van der Waals surface area contributed by atoms with Crippen LogP contribution in [-0.4, -0.2) is 44.1 Å². The third-order valence-electron chi connectivity index (χ3n) is 3.37. The van der Waals surface area contributed by atoms with Crippen LogP contribution in [0.5, 0.6) is 5.75 Å². The van der Waals surface area contributed by atoms with Crippen LogP contribution in [0.4, 0.5) is 8.78 Å².